The first-order valence-corrected chi connectivity index (χ1v) is 10.1. The van der Waals surface area contributed by atoms with Crippen molar-refractivity contribution in [2.24, 2.45) is 0 Å². The molecule has 2 aromatic carbocycles. The molecule has 1 unspecified atom stereocenters. The molecule has 158 valence electrons. The van der Waals surface area contributed by atoms with Gasteiger partial charge < -0.3 is 20.7 Å². The second-order valence-electron chi connectivity index (χ2n) is 7.33. The summed E-state index contributed by atoms with van der Waals surface area (Å²) in [6, 6.07) is 15.6. The van der Waals surface area contributed by atoms with Crippen LogP contribution in [-0.4, -0.2) is 44.1 Å². The van der Waals surface area contributed by atoms with E-state index in [1.54, 1.807) is 6.92 Å². The van der Waals surface area contributed by atoms with Crippen molar-refractivity contribution in [1.29, 1.82) is 5.41 Å². The van der Waals surface area contributed by atoms with Gasteiger partial charge in [0.2, 0.25) is 5.91 Å². The number of carbonyl (C=O) groups is 2. The fourth-order valence-electron chi connectivity index (χ4n) is 3.81. The van der Waals surface area contributed by atoms with E-state index in [1.165, 1.54) is 18.2 Å². The Morgan fingerprint density at radius 1 is 1.07 bits per heavy atom. The lowest BCUT2D eigenvalue weighted by atomic mass is 9.98. The smallest absolute Gasteiger partial charge is 0.407 e. The van der Waals surface area contributed by atoms with Gasteiger partial charge in [0.05, 0.1) is 5.84 Å². The zero-order valence-electron chi connectivity index (χ0n) is 17.3. The van der Waals surface area contributed by atoms with Crippen molar-refractivity contribution in [3.05, 3.63) is 59.7 Å². The van der Waals surface area contributed by atoms with Crippen LogP contribution in [-0.2, 0) is 9.53 Å². The van der Waals surface area contributed by atoms with E-state index in [0.29, 0.717) is 25.2 Å². The Morgan fingerprint density at radius 3 is 2.23 bits per heavy atom. The molecule has 2 amide bonds. The maximum atomic E-state index is 12.4. The van der Waals surface area contributed by atoms with E-state index >= 15 is 0 Å². The van der Waals surface area contributed by atoms with Crippen LogP contribution in [0.3, 0.4) is 0 Å². The molecule has 4 N–H and O–H groups in total. The van der Waals surface area contributed by atoms with Crippen molar-refractivity contribution in [3.63, 3.8) is 0 Å². The molecule has 0 heterocycles. The minimum Gasteiger partial charge on any atom is -0.449 e. The van der Waals surface area contributed by atoms with Crippen LogP contribution >= 0.6 is 0 Å². The summed E-state index contributed by atoms with van der Waals surface area (Å²) in [6.45, 7) is 2.43. The third-order valence-corrected chi connectivity index (χ3v) is 5.26. The highest BCUT2D eigenvalue weighted by atomic mass is 16.5. The molecule has 2 aromatic rings. The van der Waals surface area contributed by atoms with Gasteiger partial charge in [0.1, 0.15) is 12.6 Å². The number of amidine groups is 1. The van der Waals surface area contributed by atoms with Gasteiger partial charge in [-0.05, 0) is 42.0 Å². The summed E-state index contributed by atoms with van der Waals surface area (Å²) in [4.78, 5) is 24.6. The normalized spacial score (nSPS) is 13.0. The number of carbonyl (C=O) groups excluding carboxylic acids is 2. The molecule has 1 atom stereocenters. The molecule has 0 spiro atoms. The van der Waals surface area contributed by atoms with E-state index < -0.39 is 12.1 Å². The maximum absolute atomic E-state index is 12.4. The third kappa shape index (κ3) is 4.97. The van der Waals surface area contributed by atoms with Crippen LogP contribution in [0.1, 0.15) is 36.8 Å². The largest absolute Gasteiger partial charge is 0.449 e. The third-order valence-electron chi connectivity index (χ3n) is 5.26. The first-order valence-electron chi connectivity index (χ1n) is 10.1. The van der Waals surface area contributed by atoms with Crippen molar-refractivity contribution in [2.45, 2.75) is 31.7 Å². The average Bonchev–Trinajstić information content (AvgIpc) is 3.07. The van der Waals surface area contributed by atoms with E-state index in [1.807, 2.05) is 24.3 Å². The van der Waals surface area contributed by atoms with Gasteiger partial charge in [0.25, 0.3) is 0 Å². The highest BCUT2D eigenvalue weighted by Gasteiger charge is 2.29. The zero-order chi connectivity index (χ0) is 21.5. The van der Waals surface area contributed by atoms with Crippen molar-refractivity contribution < 1.29 is 14.3 Å². The zero-order valence-corrected chi connectivity index (χ0v) is 17.3. The van der Waals surface area contributed by atoms with Crippen LogP contribution < -0.4 is 16.0 Å². The van der Waals surface area contributed by atoms with Crippen LogP contribution in [0.15, 0.2) is 48.5 Å². The lowest BCUT2D eigenvalue weighted by Crippen LogP contribution is -2.46. The molecule has 7 heteroatoms. The standard InChI is InChI=1S/C23H28N4O3/c1-15(24)26-13-7-12-21(22(28)25-2)27-23(29)30-14-20-18-10-5-3-8-16(18)17-9-4-6-11-19(17)20/h3-6,8-11,20-21H,7,12-14H2,1-2H3,(H2,24,26)(H,25,28)(H,27,29). The number of fused-ring (bicyclic) bond motifs is 3. The Balaban J connectivity index is 1.60. The molecular formula is C23H28N4O3. The number of hydrogen-bond donors (Lipinski definition) is 4. The fourth-order valence-corrected chi connectivity index (χ4v) is 3.81. The lowest BCUT2D eigenvalue weighted by molar-refractivity contribution is -0.122. The van der Waals surface area contributed by atoms with Gasteiger partial charge in [-0.3, -0.25) is 10.2 Å². The maximum Gasteiger partial charge on any atom is 0.407 e. The summed E-state index contributed by atoms with van der Waals surface area (Å²) < 4.78 is 5.53. The molecule has 1 aliphatic carbocycles. The van der Waals surface area contributed by atoms with Gasteiger partial charge in [-0.1, -0.05) is 48.5 Å². The number of amides is 2. The quantitative estimate of drug-likeness (QED) is 0.306. The molecule has 0 aliphatic heterocycles. The number of rotatable bonds is 8. The molecule has 0 radical (unpaired) electrons. The van der Waals surface area contributed by atoms with Crippen LogP contribution in [0.2, 0.25) is 0 Å². The van der Waals surface area contributed by atoms with Crippen LogP contribution in [0.25, 0.3) is 11.1 Å². The predicted molar refractivity (Wildman–Crippen MR) is 117 cm³/mol. The predicted octanol–water partition coefficient (Wildman–Crippen LogP) is 3.01. The molecule has 1 aliphatic rings. The first-order chi connectivity index (χ1) is 14.5. The topological polar surface area (TPSA) is 103 Å². The number of hydrogen-bond acceptors (Lipinski definition) is 4. The molecule has 0 fully saturated rings. The molecule has 0 saturated heterocycles. The Labute approximate surface area is 176 Å². The van der Waals surface area contributed by atoms with E-state index in [9.17, 15) is 9.59 Å². The lowest BCUT2D eigenvalue weighted by Gasteiger charge is -2.19. The highest BCUT2D eigenvalue weighted by molar-refractivity contribution is 5.85. The highest BCUT2D eigenvalue weighted by Crippen LogP contribution is 2.44. The molecule has 3 rings (SSSR count). The van der Waals surface area contributed by atoms with Crippen molar-refractivity contribution in [3.8, 4) is 11.1 Å². The summed E-state index contributed by atoms with van der Waals surface area (Å²) in [6.07, 6.45) is 0.476. The minimum absolute atomic E-state index is 0.0265. The van der Waals surface area contributed by atoms with Gasteiger partial charge >= 0.3 is 6.09 Å². The minimum atomic E-state index is -0.682. The number of benzene rings is 2. The van der Waals surface area contributed by atoms with Crippen molar-refractivity contribution in [1.82, 2.24) is 16.0 Å². The van der Waals surface area contributed by atoms with Crippen molar-refractivity contribution in [2.75, 3.05) is 20.2 Å². The Bertz CT molecular complexity index is 883. The first kappa shape index (κ1) is 21.4. The number of likely N-dealkylation sites (N-methyl/N-ethyl adjacent to an activating group) is 1. The summed E-state index contributed by atoms with van der Waals surface area (Å²) in [5.74, 6) is 0.0763. The van der Waals surface area contributed by atoms with Crippen molar-refractivity contribution >= 4 is 17.8 Å². The Morgan fingerprint density at radius 2 is 1.67 bits per heavy atom. The number of ether oxygens (including phenoxy) is 1. The molecule has 30 heavy (non-hydrogen) atoms. The van der Waals surface area contributed by atoms with E-state index in [2.05, 4.69) is 40.2 Å². The Kier molecular flexibility index (Phi) is 7.06. The van der Waals surface area contributed by atoms with Gasteiger partial charge in [0, 0.05) is 19.5 Å². The van der Waals surface area contributed by atoms with E-state index in [4.69, 9.17) is 10.1 Å². The summed E-state index contributed by atoms with van der Waals surface area (Å²) >= 11 is 0. The van der Waals surface area contributed by atoms with Crippen LogP contribution in [0.4, 0.5) is 4.79 Å². The number of alkyl carbamates (subject to hydrolysis) is 1. The molecular weight excluding hydrogens is 380 g/mol. The van der Waals surface area contributed by atoms with Gasteiger partial charge in [-0.15, -0.1) is 0 Å². The molecule has 0 saturated carbocycles. The van der Waals surface area contributed by atoms with Crippen LogP contribution in [0, 0.1) is 5.41 Å². The SMILES string of the molecule is CNC(=O)C(CCCNC(C)=N)NC(=O)OCC1c2ccccc2-c2ccccc21. The molecule has 7 nitrogen and oxygen atoms in total. The number of nitrogens with one attached hydrogen (secondary N) is 4. The molecule has 0 bridgehead atoms. The van der Waals surface area contributed by atoms with Gasteiger partial charge in [-0.2, -0.15) is 0 Å². The summed E-state index contributed by atoms with van der Waals surface area (Å²) in [7, 11) is 1.54. The monoisotopic (exact) mass is 408 g/mol. The Hall–Kier alpha value is -3.35. The average molecular weight is 409 g/mol. The van der Waals surface area contributed by atoms with Crippen LogP contribution in [0.5, 0.6) is 0 Å². The van der Waals surface area contributed by atoms with Gasteiger partial charge in [-0.25, -0.2) is 4.79 Å². The van der Waals surface area contributed by atoms with E-state index in [-0.39, 0.29) is 18.4 Å². The van der Waals surface area contributed by atoms with E-state index in [0.717, 1.165) is 11.1 Å². The summed E-state index contributed by atoms with van der Waals surface area (Å²) in [5.41, 5.74) is 4.61. The second-order valence-corrected chi connectivity index (χ2v) is 7.33. The van der Waals surface area contributed by atoms with Gasteiger partial charge in [0.15, 0.2) is 0 Å². The fraction of sp³-hybridized carbons (Fsp3) is 0.348. The molecule has 0 aromatic heterocycles. The second kappa shape index (κ2) is 9.91. The summed E-state index contributed by atoms with van der Waals surface area (Å²) in [5, 5.41) is 15.5.